The predicted molar refractivity (Wildman–Crippen MR) is 120 cm³/mol. The van der Waals surface area contributed by atoms with E-state index in [1.165, 1.54) is 12.1 Å². The van der Waals surface area contributed by atoms with Crippen LogP contribution in [0.1, 0.15) is 17.5 Å². The average molecular weight is 485 g/mol. The summed E-state index contributed by atoms with van der Waals surface area (Å²) in [6.45, 7) is 2.19. The van der Waals surface area contributed by atoms with Crippen LogP contribution in [0.15, 0.2) is 52.5 Å². The van der Waals surface area contributed by atoms with Gasteiger partial charge in [0, 0.05) is 11.4 Å². The minimum Gasteiger partial charge on any atom is -0.493 e. The van der Waals surface area contributed by atoms with Crippen LogP contribution in [0, 0.1) is 6.92 Å². The molecule has 0 radical (unpaired) electrons. The average Bonchev–Trinajstić information content (AvgIpc) is 2.72. The molecule has 2 rings (SSSR count). The lowest BCUT2D eigenvalue weighted by atomic mass is 10.1. The van der Waals surface area contributed by atoms with Gasteiger partial charge in [0.1, 0.15) is 18.4 Å². The first-order valence-corrected chi connectivity index (χ1v) is 11.4. The summed E-state index contributed by atoms with van der Waals surface area (Å²) in [6, 6.07) is 9.73. The van der Waals surface area contributed by atoms with Crippen molar-refractivity contribution >= 4 is 33.6 Å². The van der Waals surface area contributed by atoms with Gasteiger partial charge in [0.25, 0.3) is 0 Å². The summed E-state index contributed by atoms with van der Waals surface area (Å²) in [5, 5.41) is 13.2. The predicted octanol–water partition coefficient (Wildman–Crippen LogP) is 1.60. The molecule has 0 spiro atoms. The summed E-state index contributed by atoms with van der Waals surface area (Å²) in [6.07, 6.45) is 0.491. The Morgan fingerprint density at radius 2 is 1.88 bits per heavy atom. The highest BCUT2D eigenvalue weighted by Crippen LogP contribution is 2.23. The molecule has 0 saturated carbocycles. The van der Waals surface area contributed by atoms with Crippen LogP contribution in [-0.4, -0.2) is 44.7 Å². The van der Waals surface area contributed by atoms with Gasteiger partial charge in [0.05, 0.1) is 11.5 Å². The third-order valence-corrected chi connectivity index (χ3v) is 6.31. The van der Waals surface area contributed by atoms with Gasteiger partial charge in [-0.15, -0.1) is 0 Å². The zero-order valence-corrected chi connectivity index (χ0v) is 18.9. The van der Waals surface area contributed by atoms with Gasteiger partial charge in [-0.05, 0) is 53.9 Å². The number of nitrogens with one attached hydrogen (secondary N) is 1. The van der Waals surface area contributed by atoms with Crippen molar-refractivity contribution in [2.45, 2.75) is 30.7 Å². The van der Waals surface area contributed by atoms with Gasteiger partial charge in [-0.3, -0.25) is 4.79 Å². The highest BCUT2D eigenvalue weighted by Gasteiger charge is 2.27. The number of rotatable bonds is 12. The van der Waals surface area contributed by atoms with E-state index in [0.29, 0.717) is 29.9 Å². The maximum Gasteiger partial charge on any atom is 0.322 e. The van der Waals surface area contributed by atoms with Crippen LogP contribution < -0.4 is 20.9 Å². The fraction of sp³-hybridized carbons (Fsp3) is 0.300. The SMILES string of the molecule is Cc1c(Cl)cccc1S(=O)(=O)N[C@@H](Cc1ccc(OCCCON=C(N)N)cc1)C(=O)O. The van der Waals surface area contributed by atoms with E-state index >= 15 is 0 Å². The van der Waals surface area contributed by atoms with Crippen molar-refractivity contribution in [3.63, 3.8) is 0 Å². The van der Waals surface area contributed by atoms with E-state index in [1.807, 2.05) is 0 Å². The first-order chi connectivity index (χ1) is 15.1. The third kappa shape index (κ3) is 7.59. The Bertz CT molecular complexity index is 1060. The van der Waals surface area contributed by atoms with Crippen LogP contribution >= 0.6 is 11.6 Å². The number of sulfonamides is 1. The van der Waals surface area contributed by atoms with Crippen molar-refractivity contribution in [3.05, 3.63) is 58.6 Å². The molecule has 2 aromatic rings. The van der Waals surface area contributed by atoms with E-state index in [9.17, 15) is 18.3 Å². The van der Waals surface area contributed by atoms with Crippen LogP contribution in [-0.2, 0) is 26.1 Å². The Hall–Kier alpha value is -3.02. The quantitative estimate of drug-likeness (QED) is 0.152. The number of halogens is 1. The lowest BCUT2D eigenvalue weighted by Crippen LogP contribution is -2.42. The highest BCUT2D eigenvalue weighted by molar-refractivity contribution is 7.89. The summed E-state index contributed by atoms with van der Waals surface area (Å²) in [4.78, 5) is 16.5. The maximum absolute atomic E-state index is 12.7. The molecule has 0 unspecified atom stereocenters. The fourth-order valence-corrected chi connectivity index (χ4v) is 4.39. The molecular weight excluding hydrogens is 460 g/mol. The molecular formula is C20H25ClN4O6S. The molecule has 1 atom stereocenters. The number of hydrogen-bond donors (Lipinski definition) is 4. The molecule has 0 fully saturated rings. The Morgan fingerprint density at radius 3 is 2.50 bits per heavy atom. The summed E-state index contributed by atoms with van der Waals surface area (Å²) < 4.78 is 33.2. The molecule has 0 heterocycles. The maximum atomic E-state index is 12.7. The number of carbonyl (C=O) groups is 1. The van der Waals surface area contributed by atoms with Gasteiger partial charge >= 0.3 is 5.97 Å². The molecule has 32 heavy (non-hydrogen) atoms. The molecule has 0 saturated heterocycles. The number of guanidine groups is 1. The molecule has 0 amide bonds. The monoisotopic (exact) mass is 484 g/mol. The molecule has 0 bridgehead atoms. The molecule has 10 nitrogen and oxygen atoms in total. The standard InChI is InChI=1S/C20H25ClN4O6S/c1-13-16(21)4-2-5-18(13)32(28,29)25-17(19(26)27)12-14-6-8-15(9-7-14)30-10-3-11-31-24-20(22)23/h2,4-9,17,25H,3,10-12H2,1H3,(H,26,27)(H4,22,23,24)/t17-/m0/s1. The first-order valence-electron chi connectivity index (χ1n) is 9.53. The number of benzene rings is 2. The molecule has 2 aromatic carbocycles. The Morgan fingerprint density at radius 1 is 1.19 bits per heavy atom. The van der Waals surface area contributed by atoms with Crippen LogP contribution in [0.2, 0.25) is 5.02 Å². The molecule has 12 heteroatoms. The number of aliphatic carboxylic acids is 1. The van der Waals surface area contributed by atoms with Crippen molar-refractivity contribution in [1.82, 2.24) is 4.72 Å². The number of ether oxygens (including phenoxy) is 1. The Labute approximate surface area is 191 Å². The number of nitrogens with two attached hydrogens (primary N) is 2. The van der Waals surface area contributed by atoms with Gasteiger partial charge in [-0.2, -0.15) is 4.72 Å². The van der Waals surface area contributed by atoms with Gasteiger partial charge in [0.2, 0.25) is 16.0 Å². The smallest absolute Gasteiger partial charge is 0.322 e. The summed E-state index contributed by atoms with van der Waals surface area (Å²) >= 11 is 5.99. The molecule has 0 aromatic heterocycles. The van der Waals surface area contributed by atoms with Crippen molar-refractivity contribution in [1.29, 1.82) is 0 Å². The molecule has 6 N–H and O–H groups in total. The zero-order chi connectivity index (χ0) is 23.7. The van der Waals surface area contributed by atoms with Crippen molar-refractivity contribution in [2.24, 2.45) is 16.6 Å². The number of carboxylic acid groups (broad SMARTS) is 1. The lowest BCUT2D eigenvalue weighted by molar-refractivity contribution is -0.138. The Balaban J connectivity index is 1.97. The largest absolute Gasteiger partial charge is 0.493 e. The van der Waals surface area contributed by atoms with Gasteiger partial charge in [-0.1, -0.05) is 29.8 Å². The number of oxime groups is 1. The second-order valence-corrected chi connectivity index (χ2v) is 8.86. The lowest BCUT2D eigenvalue weighted by Gasteiger charge is -2.16. The molecule has 0 aliphatic carbocycles. The Kier molecular flexibility index (Phi) is 9.12. The van der Waals surface area contributed by atoms with Crippen LogP contribution in [0.5, 0.6) is 5.75 Å². The minimum absolute atomic E-state index is 0.0548. The highest BCUT2D eigenvalue weighted by atomic mass is 35.5. The van der Waals surface area contributed by atoms with E-state index in [2.05, 4.69) is 9.88 Å². The van der Waals surface area contributed by atoms with E-state index in [0.717, 1.165) is 0 Å². The first kappa shape index (κ1) is 25.2. The zero-order valence-electron chi connectivity index (χ0n) is 17.3. The number of carboxylic acids is 1. The van der Waals surface area contributed by atoms with Crippen molar-refractivity contribution < 1.29 is 27.9 Å². The van der Waals surface area contributed by atoms with E-state index in [-0.39, 0.29) is 28.9 Å². The summed E-state index contributed by atoms with van der Waals surface area (Å²) in [5.41, 5.74) is 11.2. The second-order valence-electron chi connectivity index (χ2n) is 6.77. The minimum atomic E-state index is -4.09. The van der Waals surface area contributed by atoms with Gasteiger partial charge in [0.15, 0.2) is 0 Å². The van der Waals surface area contributed by atoms with Crippen LogP contribution in [0.3, 0.4) is 0 Å². The normalized spacial score (nSPS) is 12.1. The van der Waals surface area contributed by atoms with E-state index < -0.39 is 22.0 Å². The van der Waals surface area contributed by atoms with Gasteiger partial charge < -0.3 is 26.1 Å². The molecule has 174 valence electrons. The topological polar surface area (TPSA) is 166 Å². The number of hydrogen-bond acceptors (Lipinski definition) is 6. The van der Waals surface area contributed by atoms with E-state index in [4.69, 9.17) is 32.6 Å². The van der Waals surface area contributed by atoms with Crippen LogP contribution in [0.4, 0.5) is 0 Å². The second kappa shape index (κ2) is 11.6. The summed E-state index contributed by atoms with van der Waals surface area (Å²) in [5.74, 6) is -0.891. The van der Waals surface area contributed by atoms with Crippen molar-refractivity contribution in [2.75, 3.05) is 13.2 Å². The van der Waals surface area contributed by atoms with Crippen LogP contribution in [0.25, 0.3) is 0 Å². The summed E-state index contributed by atoms with van der Waals surface area (Å²) in [7, 11) is -4.09. The van der Waals surface area contributed by atoms with E-state index in [1.54, 1.807) is 37.3 Å². The fourth-order valence-electron chi connectivity index (χ4n) is 2.70. The molecule has 0 aliphatic heterocycles. The van der Waals surface area contributed by atoms with Crippen molar-refractivity contribution in [3.8, 4) is 5.75 Å². The number of nitrogens with zero attached hydrogens (tertiary/aromatic N) is 1. The molecule has 0 aliphatic rings. The van der Waals surface area contributed by atoms with Gasteiger partial charge in [-0.25, -0.2) is 8.42 Å². The third-order valence-electron chi connectivity index (χ3n) is 4.28.